The minimum absolute atomic E-state index is 0.183. The summed E-state index contributed by atoms with van der Waals surface area (Å²) in [5.74, 6) is 0.577. The molecule has 1 saturated carbocycles. The Kier molecular flexibility index (Phi) is 4.59. The van der Waals surface area contributed by atoms with Crippen LogP contribution < -0.4 is 0 Å². The fourth-order valence-electron chi connectivity index (χ4n) is 2.91. The summed E-state index contributed by atoms with van der Waals surface area (Å²) in [5, 5.41) is 14.1. The molecule has 1 fully saturated rings. The standard InChI is InChI=1S/C15H24N2O/c1-3-15-13(10-17(2)16-15)9-14(11-18)12-7-5-4-6-8-12/h9-10,12,18H,3-8,11H2,1-2H3/b14-9-. The molecule has 2 rings (SSSR count). The Morgan fingerprint density at radius 1 is 1.44 bits per heavy atom. The van der Waals surface area contributed by atoms with Crippen LogP contribution >= 0.6 is 0 Å². The topological polar surface area (TPSA) is 38.0 Å². The first-order valence-electron chi connectivity index (χ1n) is 7.08. The fourth-order valence-corrected chi connectivity index (χ4v) is 2.91. The van der Waals surface area contributed by atoms with Gasteiger partial charge in [0.2, 0.25) is 0 Å². The van der Waals surface area contributed by atoms with E-state index in [2.05, 4.69) is 24.3 Å². The van der Waals surface area contributed by atoms with Gasteiger partial charge in [-0.15, -0.1) is 0 Å². The van der Waals surface area contributed by atoms with Crippen LogP contribution in [0.4, 0.5) is 0 Å². The molecule has 1 aliphatic rings. The predicted molar refractivity (Wildman–Crippen MR) is 74.2 cm³/mol. The number of aliphatic hydroxyl groups is 1. The largest absolute Gasteiger partial charge is 0.392 e. The van der Waals surface area contributed by atoms with Gasteiger partial charge >= 0.3 is 0 Å². The van der Waals surface area contributed by atoms with Gasteiger partial charge in [-0.05, 0) is 36.8 Å². The highest BCUT2D eigenvalue weighted by atomic mass is 16.3. The third kappa shape index (κ3) is 3.02. The van der Waals surface area contributed by atoms with E-state index in [1.165, 1.54) is 43.2 Å². The van der Waals surface area contributed by atoms with E-state index in [1.54, 1.807) is 0 Å². The van der Waals surface area contributed by atoms with Crippen LogP contribution in [-0.2, 0) is 13.5 Å². The third-order valence-corrected chi connectivity index (χ3v) is 3.93. The molecule has 1 N–H and O–H groups in total. The van der Waals surface area contributed by atoms with E-state index in [1.807, 2.05) is 11.7 Å². The van der Waals surface area contributed by atoms with Crippen LogP contribution in [0.25, 0.3) is 6.08 Å². The fraction of sp³-hybridized carbons (Fsp3) is 0.667. The van der Waals surface area contributed by atoms with Crippen molar-refractivity contribution in [2.45, 2.75) is 45.4 Å². The maximum atomic E-state index is 9.61. The average Bonchev–Trinajstić information content (AvgIpc) is 2.77. The summed E-state index contributed by atoms with van der Waals surface area (Å²) in [4.78, 5) is 0. The first-order chi connectivity index (χ1) is 8.74. The minimum Gasteiger partial charge on any atom is -0.392 e. The lowest BCUT2D eigenvalue weighted by atomic mass is 9.83. The minimum atomic E-state index is 0.183. The van der Waals surface area contributed by atoms with Gasteiger partial charge in [-0.3, -0.25) is 4.68 Å². The second kappa shape index (κ2) is 6.19. The zero-order valence-electron chi connectivity index (χ0n) is 11.5. The molecule has 100 valence electrons. The molecule has 3 heteroatoms. The van der Waals surface area contributed by atoms with E-state index in [-0.39, 0.29) is 6.61 Å². The summed E-state index contributed by atoms with van der Waals surface area (Å²) in [6, 6.07) is 0. The molecule has 0 spiro atoms. The smallest absolute Gasteiger partial charge is 0.0694 e. The van der Waals surface area contributed by atoms with Gasteiger partial charge in [0.25, 0.3) is 0 Å². The van der Waals surface area contributed by atoms with Crippen LogP contribution in [0, 0.1) is 5.92 Å². The van der Waals surface area contributed by atoms with Crippen LogP contribution in [0.5, 0.6) is 0 Å². The molecular formula is C15H24N2O. The molecule has 0 aliphatic heterocycles. The van der Waals surface area contributed by atoms with Gasteiger partial charge in [0.05, 0.1) is 12.3 Å². The van der Waals surface area contributed by atoms with Gasteiger partial charge in [-0.1, -0.05) is 26.2 Å². The van der Waals surface area contributed by atoms with Gasteiger partial charge in [0.1, 0.15) is 0 Å². The maximum absolute atomic E-state index is 9.61. The second-order valence-electron chi connectivity index (χ2n) is 5.27. The normalized spacial score (nSPS) is 18.3. The van der Waals surface area contributed by atoms with Gasteiger partial charge in [0, 0.05) is 18.8 Å². The lowest BCUT2D eigenvalue weighted by Crippen LogP contribution is -2.11. The SMILES string of the molecule is CCc1nn(C)cc1/C=C(/CO)C1CCCCC1. The van der Waals surface area contributed by atoms with Crippen LogP contribution in [0.2, 0.25) is 0 Å². The quantitative estimate of drug-likeness (QED) is 0.889. The Morgan fingerprint density at radius 3 is 2.78 bits per heavy atom. The Labute approximate surface area is 110 Å². The van der Waals surface area contributed by atoms with Crippen LogP contribution in [-0.4, -0.2) is 21.5 Å². The van der Waals surface area contributed by atoms with Crippen molar-refractivity contribution < 1.29 is 5.11 Å². The molecule has 0 unspecified atom stereocenters. The number of aliphatic hydroxyl groups excluding tert-OH is 1. The second-order valence-corrected chi connectivity index (χ2v) is 5.27. The van der Waals surface area contributed by atoms with Crippen molar-refractivity contribution in [3.63, 3.8) is 0 Å². The van der Waals surface area contributed by atoms with Crippen LogP contribution in [0.1, 0.15) is 50.3 Å². The highest BCUT2D eigenvalue weighted by molar-refractivity contribution is 5.55. The molecule has 0 saturated heterocycles. The van der Waals surface area contributed by atoms with Gasteiger partial charge in [-0.25, -0.2) is 0 Å². The van der Waals surface area contributed by atoms with E-state index >= 15 is 0 Å². The number of hydrogen-bond donors (Lipinski definition) is 1. The molecule has 1 aromatic heterocycles. The lowest BCUT2D eigenvalue weighted by Gasteiger charge is -2.23. The monoisotopic (exact) mass is 248 g/mol. The molecule has 0 bridgehead atoms. The molecule has 18 heavy (non-hydrogen) atoms. The van der Waals surface area contributed by atoms with Crippen molar-refractivity contribution in [2.75, 3.05) is 6.61 Å². The van der Waals surface area contributed by atoms with E-state index in [9.17, 15) is 5.11 Å². The summed E-state index contributed by atoms with van der Waals surface area (Å²) < 4.78 is 1.86. The van der Waals surface area contributed by atoms with Gasteiger partial charge < -0.3 is 5.11 Å². The summed E-state index contributed by atoms with van der Waals surface area (Å²) in [5.41, 5.74) is 3.49. The molecule has 0 aromatic carbocycles. The van der Waals surface area contributed by atoms with Crippen molar-refractivity contribution in [2.24, 2.45) is 13.0 Å². The molecule has 1 heterocycles. The molecule has 3 nitrogen and oxygen atoms in total. The first-order valence-corrected chi connectivity index (χ1v) is 7.08. The van der Waals surface area contributed by atoms with Crippen molar-refractivity contribution in [1.82, 2.24) is 9.78 Å². The number of aromatic nitrogens is 2. The summed E-state index contributed by atoms with van der Waals surface area (Å²) in [6.07, 6.45) is 11.6. The summed E-state index contributed by atoms with van der Waals surface area (Å²) >= 11 is 0. The van der Waals surface area contributed by atoms with Crippen LogP contribution in [0.15, 0.2) is 11.8 Å². The zero-order chi connectivity index (χ0) is 13.0. The molecule has 1 aromatic rings. The Morgan fingerprint density at radius 2 is 2.17 bits per heavy atom. The van der Waals surface area contributed by atoms with E-state index in [4.69, 9.17) is 0 Å². The average molecular weight is 248 g/mol. The first kappa shape index (κ1) is 13.3. The predicted octanol–water partition coefficient (Wildman–Crippen LogP) is 2.94. The molecule has 1 aliphatic carbocycles. The van der Waals surface area contributed by atoms with Gasteiger partial charge in [-0.2, -0.15) is 5.10 Å². The summed E-state index contributed by atoms with van der Waals surface area (Å²) in [6.45, 7) is 2.31. The Bertz CT molecular complexity index is 414. The Balaban J connectivity index is 2.21. The third-order valence-electron chi connectivity index (χ3n) is 3.93. The number of hydrogen-bond acceptors (Lipinski definition) is 2. The number of aryl methyl sites for hydroxylation is 2. The van der Waals surface area contributed by atoms with Crippen molar-refractivity contribution >= 4 is 6.08 Å². The highest BCUT2D eigenvalue weighted by Crippen LogP contribution is 2.30. The highest BCUT2D eigenvalue weighted by Gasteiger charge is 2.18. The van der Waals surface area contributed by atoms with E-state index in [0.717, 1.165) is 12.1 Å². The zero-order valence-corrected chi connectivity index (χ0v) is 11.5. The van der Waals surface area contributed by atoms with Crippen molar-refractivity contribution in [3.8, 4) is 0 Å². The van der Waals surface area contributed by atoms with Crippen molar-refractivity contribution in [3.05, 3.63) is 23.0 Å². The summed E-state index contributed by atoms with van der Waals surface area (Å²) in [7, 11) is 1.95. The molecular weight excluding hydrogens is 224 g/mol. The molecule has 0 radical (unpaired) electrons. The Hall–Kier alpha value is -1.09. The van der Waals surface area contributed by atoms with E-state index in [0.29, 0.717) is 5.92 Å². The van der Waals surface area contributed by atoms with Crippen molar-refractivity contribution in [1.29, 1.82) is 0 Å². The number of nitrogens with zero attached hydrogens (tertiary/aromatic N) is 2. The molecule has 0 amide bonds. The maximum Gasteiger partial charge on any atom is 0.0694 e. The van der Waals surface area contributed by atoms with E-state index < -0.39 is 0 Å². The van der Waals surface area contributed by atoms with Gasteiger partial charge in [0.15, 0.2) is 0 Å². The van der Waals surface area contributed by atoms with Crippen LogP contribution in [0.3, 0.4) is 0 Å². The number of rotatable bonds is 4. The molecule has 0 atom stereocenters. The lowest BCUT2D eigenvalue weighted by molar-refractivity contribution is 0.295.